The monoisotopic (exact) mass is 363 g/mol. The zero-order chi connectivity index (χ0) is 18.1. The number of rotatable bonds is 4. The third kappa shape index (κ3) is 2.68. The van der Waals surface area contributed by atoms with Crippen molar-refractivity contribution in [3.05, 3.63) is 70.9 Å². The first kappa shape index (κ1) is 16.5. The molecule has 130 valence electrons. The zero-order valence-corrected chi connectivity index (χ0v) is 15.3. The standard InChI is InChI=1S/C20H17N3O2S/c1-3-17-22-15-11-7-10-14(16-12-21-20(25-2)26-16)18(15)19(24)23(17)13-8-5-4-6-9-13/h4-12H,3H2,1-2H3. The Labute approximate surface area is 154 Å². The second-order valence-corrected chi connectivity index (χ2v) is 6.75. The molecule has 0 unspecified atom stereocenters. The molecular weight excluding hydrogens is 346 g/mol. The minimum absolute atomic E-state index is 0.0685. The minimum atomic E-state index is -0.0685. The van der Waals surface area contributed by atoms with E-state index in [9.17, 15) is 4.79 Å². The van der Waals surface area contributed by atoms with E-state index in [-0.39, 0.29) is 5.56 Å². The third-order valence-corrected chi connectivity index (χ3v) is 5.21. The summed E-state index contributed by atoms with van der Waals surface area (Å²) in [7, 11) is 1.59. The van der Waals surface area contributed by atoms with Crippen LogP contribution in [0.5, 0.6) is 5.19 Å². The second kappa shape index (κ2) is 6.72. The first-order valence-corrected chi connectivity index (χ1v) is 9.15. The second-order valence-electron chi connectivity index (χ2n) is 5.75. The van der Waals surface area contributed by atoms with Crippen LogP contribution in [0, 0.1) is 0 Å². The van der Waals surface area contributed by atoms with Gasteiger partial charge in [0.05, 0.1) is 28.6 Å². The van der Waals surface area contributed by atoms with Crippen molar-refractivity contribution in [3.8, 4) is 21.3 Å². The van der Waals surface area contributed by atoms with Crippen LogP contribution in [0.25, 0.3) is 27.0 Å². The summed E-state index contributed by atoms with van der Waals surface area (Å²) >= 11 is 1.41. The maximum Gasteiger partial charge on any atom is 0.273 e. The normalized spacial score (nSPS) is 11.0. The Bertz CT molecular complexity index is 1130. The smallest absolute Gasteiger partial charge is 0.273 e. The highest BCUT2D eigenvalue weighted by atomic mass is 32.1. The Balaban J connectivity index is 2.06. The molecule has 2 aromatic heterocycles. The third-order valence-electron chi connectivity index (χ3n) is 4.22. The number of hydrogen-bond acceptors (Lipinski definition) is 5. The lowest BCUT2D eigenvalue weighted by Gasteiger charge is -2.13. The molecule has 0 aliphatic rings. The van der Waals surface area contributed by atoms with Gasteiger partial charge in [-0.3, -0.25) is 9.36 Å². The van der Waals surface area contributed by atoms with E-state index in [1.807, 2.05) is 55.5 Å². The highest BCUT2D eigenvalue weighted by Crippen LogP contribution is 2.33. The molecule has 0 spiro atoms. The molecule has 0 aliphatic carbocycles. The molecule has 0 N–H and O–H groups in total. The van der Waals surface area contributed by atoms with Gasteiger partial charge in [-0.2, -0.15) is 0 Å². The molecule has 0 saturated heterocycles. The summed E-state index contributed by atoms with van der Waals surface area (Å²) in [5, 5.41) is 1.17. The molecule has 5 nitrogen and oxygen atoms in total. The average molecular weight is 363 g/mol. The fourth-order valence-electron chi connectivity index (χ4n) is 3.04. The highest BCUT2D eigenvalue weighted by Gasteiger charge is 2.16. The van der Waals surface area contributed by atoms with Gasteiger partial charge >= 0.3 is 0 Å². The largest absolute Gasteiger partial charge is 0.473 e. The van der Waals surface area contributed by atoms with Gasteiger partial charge in [-0.15, -0.1) is 0 Å². The number of thiazole rings is 1. The van der Waals surface area contributed by atoms with Crippen molar-refractivity contribution in [2.75, 3.05) is 7.11 Å². The lowest BCUT2D eigenvalue weighted by Crippen LogP contribution is -2.24. The lowest BCUT2D eigenvalue weighted by atomic mass is 10.1. The zero-order valence-electron chi connectivity index (χ0n) is 14.5. The van der Waals surface area contributed by atoms with E-state index in [0.29, 0.717) is 22.5 Å². The molecule has 0 atom stereocenters. The molecule has 6 heteroatoms. The summed E-state index contributed by atoms with van der Waals surface area (Å²) in [5.74, 6) is 0.743. The van der Waals surface area contributed by atoms with Gasteiger partial charge < -0.3 is 4.74 Å². The van der Waals surface area contributed by atoms with Crippen molar-refractivity contribution in [1.82, 2.24) is 14.5 Å². The molecule has 26 heavy (non-hydrogen) atoms. The number of hydrogen-bond donors (Lipinski definition) is 0. The summed E-state index contributed by atoms with van der Waals surface area (Å²) in [5.41, 5.74) is 2.28. The predicted molar refractivity (Wildman–Crippen MR) is 104 cm³/mol. The van der Waals surface area contributed by atoms with Crippen LogP contribution in [0.1, 0.15) is 12.7 Å². The summed E-state index contributed by atoms with van der Waals surface area (Å²) in [6, 6.07) is 15.4. The molecule has 4 rings (SSSR count). The van der Waals surface area contributed by atoms with Gasteiger partial charge in [-0.25, -0.2) is 9.97 Å². The molecule has 0 bridgehead atoms. The SMILES string of the molecule is CCc1nc2cccc(-c3cnc(OC)s3)c2c(=O)n1-c1ccccc1. The van der Waals surface area contributed by atoms with Crippen LogP contribution in [0.3, 0.4) is 0 Å². The van der Waals surface area contributed by atoms with Gasteiger partial charge in [-0.05, 0) is 18.2 Å². The number of ether oxygens (including phenoxy) is 1. The van der Waals surface area contributed by atoms with Crippen molar-refractivity contribution >= 4 is 22.2 Å². The van der Waals surface area contributed by atoms with Crippen LogP contribution >= 0.6 is 11.3 Å². The number of fused-ring (bicyclic) bond motifs is 1. The van der Waals surface area contributed by atoms with Gasteiger partial charge in [0.2, 0.25) is 0 Å². The van der Waals surface area contributed by atoms with Gasteiger partial charge in [0.25, 0.3) is 10.8 Å². The number of para-hydroxylation sites is 1. The fraction of sp³-hybridized carbons (Fsp3) is 0.150. The molecule has 0 aliphatic heterocycles. The van der Waals surface area contributed by atoms with E-state index in [1.54, 1.807) is 17.9 Å². The predicted octanol–water partition coefficient (Wildman–Crippen LogP) is 4.08. The lowest BCUT2D eigenvalue weighted by molar-refractivity contribution is 0.412. The Morgan fingerprint density at radius 1 is 1.12 bits per heavy atom. The summed E-state index contributed by atoms with van der Waals surface area (Å²) in [6.45, 7) is 2.00. The van der Waals surface area contributed by atoms with E-state index in [2.05, 4.69) is 4.98 Å². The van der Waals surface area contributed by atoms with Crippen LogP contribution in [-0.4, -0.2) is 21.6 Å². The summed E-state index contributed by atoms with van der Waals surface area (Å²) in [4.78, 5) is 23.3. The van der Waals surface area contributed by atoms with Crippen molar-refractivity contribution in [3.63, 3.8) is 0 Å². The van der Waals surface area contributed by atoms with Crippen LogP contribution in [0.2, 0.25) is 0 Å². The molecule has 4 aromatic rings. The van der Waals surface area contributed by atoms with Crippen molar-refractivity contribution in [2.45, 2.75) is 13.3 Å². The van der Waals surface area contributed by atoms with Crippen LogP contribution in [-0.2, 0) is 6.42 Å². The Morgan fingerprint density at radius 2 is 1.92 bits per heavy atom. The molecule has 0 amide bonds. The van der Waals surface area contributed by atoms with Crippen molar-refractivity contribution in [1.29, 1.82) is 0 Å². The minimum Gasteiger partial charge on any atom is -0.473 e. The van der Waals surface area contributed by atoms with Crippen LogP contribution in [0.4, 0.5) is 0 Å². The molecule has 2 heterocycles. The molecule has 0 radical (unpaired) electrons. The number of aryl methyl sites for hydroxylation is 1. The Hall–Kier alpha value is -2.99. The fourth-order valence-corrected chi connectivity index (χ4v) is 3.80. The number of methoxy groups -OCH3 is 1. The number of benzene rings is 2. The molecule has 0 saturated carbocycles. The first-order valence-electron chi connectivity index (χ1n) is 8.33. The summed E-state index contributed by atoms with van der Waals surface area (Å²) < 4.78 is 6.90. The van der Waals surface area contributed by atoms with E-state index >= 15 is 0 Å². The maximum absolute atomic E-state index is 13.5. The van der Waals surface area contributed by atoms with Gasteiger partial charge in [0.1, 0.15) is 5.82 Å². The molecule has 2 aromatic carbocycles. The van der Waals surface area contributed by atoms with Gasteiger partial charge in [0, 0.05) is 18.2 Å². The average Bonchev–Trinajstić information content (AvgIpc) is 3.17. The highest BCUT2D eigenvalue weighted by molar-refractivity contribution is 7.16. The van der Waals surface area contributed by atoms with Crippen molar-refractivity contribution in [2.24, 2.45) is 0 Å². The van der Waals surface area contributed by atoms with E-state index < -0.39 is 0 Å². The van der Waals surface area contributed by atoms with E-state index in [4.69, 9.17) is 9.72 Å². The van der Waals surface area contributed by atoms with Gasteiger partial charge in [-0.1, -0.05) is 48.6 Å². The van der Waals surface area contributed by atoms with Gasteiger partial charge in [0.15, 0.2) is 0 Å². The molecule has 0 fully saturated rings. The Kier molecular flexibility index (Phi) is 4.26. The maximum atomic E-state index is 13.5. The molecular formula is C20H17N3O2S. The van der Waals surface area contributed by atoms with Crippen LogP contribution < -0.4 is 10.3 Å². The van der Waals surface area contributed by atoms with Crippen molar-refractivity contribution < 1.29 is 4.74 Å². The topological polar surface area (TPSA) is 57.0 Å². The Morgan fingerprint density at radius 3 is 2.62 bits per heavy atom. The number of nitrogens with zero attached hydrogens (tertiary/aromatic N) is 3. The van der Waals surface area contributed by atoms with E-state index in [1.165, 1.54) is 11.3 Å². The summed E-state index contributed by atoms with van der Waals surface area (Å²) in [6.07, 6.45) is 2.40. The van der Waals surface area contributed by atoms with E-state index in [0.717, 1.165) is 22.0 Å². The number of aromatic nitrogens is 3. The quantitative estimate of drug-likeness (QED) is 0.548. The van der Waals surface area contributed by atoms with Crippen LogP contribution in [0.15, 0.2) is 59.5 Å². The first-order chi connectivity index (χ1) is 12.7.